The summed E-state index contributed by atoms with van der Waals surface area (Å²) in [4.78, 5) is 0. The zero-order valence-electron chi connectivity index (χ0n) is 14.7. The Morgan fingerprint density at radius 1 is 0.536 bits per heavy atom. The first-order chi connectivity index (χ1) is 11.6. The summed E-state index contributed by atoms with van der Waals surface area (Å²) in [5.74, 6) is 1.28. The Labute approximate surface area is 198 Å². The van der Waals surface area contributed by atoms with E-state index in [4.69, 9.17) is 0 Å². The molecule has 0 heterocycles. The third kappa shape index (κ3) is 50.2. The first-order valence-corrected chi connectivity index (χ1v) is 7.33. The van der Waals surface area contributed by atoms with E-state index in [-0.39, 0.29) is 51.4 Å². The van der Waals surface area contributed by atoms with Crippen molar-refractivity contribution in [2.75, 3.05) is 0 Å². The van der Waals surface area contributed by atoms with Gasteiger partial charge in [0, 0.05) is 0 Å². The molecule has 0 bridgehead atoms. The SMILES string of the molecule is CC(C)c1cccc(C(C)C)c1.F[B-](F)(F)F.F[B-](F)(F)F.F[B-](F)(F)F.[KH]. The minimum absolute atomic E-state index is 0. The zero-order chi connectivity index (χ0) is 22.6. The summed E-state index contributed by atoms with van der Waals surface area (Å²) in [7, 11) is -18.0. The maximum atomic E-state index is 9.75. The molecular weight excluding hydrogens is 444 g/mol. The molecule has 0 saturated heterocycles. The Kier molecular flexibility index (Phi) is 20.3. The normalized spacial score (nSPS) is 11.2. The molecule has 28 heavy (non-hydrogen) atoms. The monoisotopic (exact) mass is 463 g/mol. The second-order valence-electron chi connectivity index (χ2n) is 5.46. The van der Waals surface area contributed by atoms with Gasteiger partial charge >= 0.3 is 73.1 Å². The Hall–Kier alpha value is 0.211. The van der Waals surface area contributed by atoms with Crippen molar-refractivity contribution >= 4 is 73.1 Å². The fraction of sp³-hybridized carbons (Fsp3) is 0.500. The molecular formula is C12H19B3F12K-3. The van der Waals surface area contributed by atoms with Gasteiger partial charge in [-0.25, -0.2) is 0 Å². The van der Waals surface area contributed by atoms with Gasteiger partial charge in [-0.2, -0.15) is 0 Å². The third-order valence-corrected chi connectivity index (χ3v) is 2.24. The molecule has 164 valence electrons. The number of rotatable bonds is 2. The van der Waals surface area contributed by atoms with Gasteiger partial charge in [0.25, 0.3) is 0 Å². The summed E-state index contributed by atoms with van der Waals surface area (Å²) >= 11 is 0. The molecule has 1 aromatic carbocycles. The van der Waals surface area contributed by atoms with Crippen molar-refractivity contribution in [2.45, 2.75) is 39.5 Å². The van der Waals surface area contributed by atoms with E-state index in [1.807, 2.05) is 0 Å². The van der Waals surface area contributed by atoms with Crippen LogP contribution in [0.1, 0.15) is 50.7 Å². The molecule has 0 aliphatic carbocycles. The van der Waals surface area contributed by atoms with Gasteiger partial charge in [0.05, 0.1) is 0 Å². The van der Waals surface area contributed by atoms with Crippen molar-refractivity contribution in [1.82, 2.24) is 0 Å². The molecule has 0 saturated carbocycles. The number of halogens is 12. The first kappa shape index (κ1) is 35.6. The molecule has 0 radical (unpaired) electrons. The summed E-state index contributed by atoms with van der Waals surface area (Å²) in [6, 6.07) is 8.88. The van der Waals surface area contributed by atoms with Crippen molar-refractivity contribution < 1.29 is 51.8 Å². The Bertz CT molecular complexity index is 430. The summed E-state index contributed by atoms with van der Waals surface area (Å²) in [6.45, 7) is 8.94. The standard InChI is InChI=1S/C12H18.3BF4.K.H/c1-9(2)11-6-5-7-12(8-11)10(3)4;3*2-1(3,4)5;;/h5-10H,1-4H3;;;;;/q;3*-1;;. The molecule has 1 rings (SSSR count). The quantitative estimate of drug-likeness (QED) is 0.322. The van der Waals surface area contributed by atoms with E-state index in [0.29, 0.717) is 11.8 Å². The van der Waals surface area contributed by atoms with Crippen LogP contribution < -0.4 is 0 Å². The van der Waals surface area contributed by atoms with Crippen molar-refractivity contribution in [2.24, 2.45) is 0 Å². The molecule has 0 aliphatic rings. The van der Waals surface area contributed by atoms with Crippen LogP contribution in [0.4, 0.5) is 51.8 Å². The van der Waals surface area contributed by atoms with Crippen molar-refractivity contribution in [3.05, 3.63) is 35.4 Å². The molecule has 0 aliphatic heterocycles. The van der Waals surface area contributed by atoms with Gasteiger partial charge in [-0.1, -0.05) is 52.0 Å². The van der Waals surface area contributed by atoms with E-state index in [9.17, 15) is 51.8 Å². The Morgan fingerprint density at radius 3 is 0.857 bits per heavy atom. The number of hydrogen-bond donors (Lipinski definition) is 0. The van der Waals surface area contributed by atoms with Crippen LogP contribution in [0.2, 0.25) is 0 Å². The predicted molar refractivity (Wildman–Crippen MR) is 92.3 cm³/mol. The Morgan fingerprint density at radius 2 is 0.714 bits per heavy atom. The van der Waals surface area contributed by atoms with Gasteiger partial charge in [0.2, 0.25) is 0 Å². The van der Waals surface area contributed by atoms with Crippen LogP contribution in [0.15, 0.2) is 24.3 Å². The van der Waals surface area contributed by atoms with Crippen LogP contribution in [0, 0.1) is 0 Å². The zero-order valence-corrected chi connectivity index (χ0v) is 14.7. The van der Waals surface area contributed by atoms with Crippen LogP contribution in [0.3, 0.4) is 0 Å². The van der Waals surface area contributed by atoms with E-state index in [0.717, 1.165) is 0 Å². The summed E-state index contributed by atoms with van der Waals surface area (Å²) < 4.78 is 117. The van der Waals surface area contributed by atoms with Gasteiger partial charge in [-0.15, -0.1) is 0 Å². The van der Waals surface area contributed by atoms with Crippen LogP contribution in [0.5, 0.6) is 0 Å². The summed E-state index contributed by atoms with van der Waals surface area (Å²) in [5, 5.41) is 0. The second-order valence-corrected chi connectivity index (χ2v) is 5.46. The van der Waals surface area contributed by atoms with E-state index in [2.05, 4.69) is 52.0 Å². The Balaban J connectivity index is -0.000000153. The predicted octanol–water partition coefficient (Wildman–Crippen LogP) is 7.18. The molecule has 1 aromatic rings. The first-order valence-electron chi connectivity index (χ1n) is 7.33. The molecule has 0 amide bonds. The van der Waals surface area contributed by atoms with Crippen LogP contribution in [-0.4, -0.2) is 73.1 Å². The van der Waals surface area contributed by atoms with E-state index >= 15 is 0 Å². The topological polar surface area (TPSA) is 0 Å². The average molecular weight is 463 g/mol. The van der Waals surface area contributed by atoms with E-state index in [1.165, 1.54) is 11.1 Å². The number of hydrogen-bond acceptors (Lipinski definition) is 0. The molecule has 0 atom stereocenters. The van der Waals surface area contributed by atoms with E-state index < -0.39 is 21.8 Å². The minimum atomic E-state index is -6.00. The van der Waals surface area contributed by atoms with Crippen molar-refractivity contribution in [3.8, 4) is 0 Å². The third-order valence-electron chi connectivity index (χ3n) is 2.24. The molecule has 0 unspecified atom stereocenters. The molecule has 0 spiro atoms. The summed E-state index contributed by atoms with van der Waals surface area (Å²) in [5.41, 5.74) is 2.89. The van der Waals surface area contributed by atoms with Crippen molar-refractivity contribution in [1.29, 1.82) is 0 Å². The van der Waals surface area contributed by atoms with Crippen LogP contribution in [-0.2, 0) is 0 Å². The van der Waals surface area contributed by atoms with Crippen LogP contribution in [0.25, 0.3) is 0 Å². The van der Waals surface area contributed by atoms with Gasteiger partial charge in [0.15, 0.2) is 0 Å². The fourth-order valence-electron chi connectivity index (χ4n) is 1.28. The van der Waals surface area contributed by atoms with Gasteiger partial charge in [0.1, 0.15) is 0 Å². The number of benzene rings is 1. The van der Waals surface area contributed by atoms with Crippen molar-refractivity contribution in [3.63, 3.8) is 0 Å². The van der Waals surface area contributed by atoms with Gasteiger partial charge in [-0.05, 0) is 23.0 Å². The molecule has 16 heteroatoms. The van der Waals surface area contributed by atoms with Crippen LogP contribution >= 0.6 is 0 Å². The summed E-state index contributed by atoms with van der Waals surface area (Å²) in [6.07, 6.45) is 0. The van der Waals surface area contributed by atoms with Gasteiger partial charge in [-0.3, -0.25) is 0 Å². The maximum absolute atomic E-state index is 9.75. The molecule has 0 nitrogen and oxygen atoms in total. The van der Waals surface area contributed by atoms with Gasteiger partial charge < -0.3 is 51.8 Å². The fourth-order valence-corrected chi connectivity index (χ4v) is 1.28. The molecule has 0 N–H and O–H groups in total. The van der Waals surface area contributed by atoms with E-state index in [1.54, 1.807) is 0 Å². The average Bonchev–Trinajstić information content (AvgIpc) is 2.32. The second kappa shape index (κ2) is 16.0. The molecule has 0 aromatic heterocycles. The molecule has 0 fully saturated rings.